The number of benzene rings is 2. The molecule has 0 atom stereocenters. The lowest BCUT2D eigenvalue weighted by Crippen LogP contribution is -2.24. The smallest absolute Gasteiger partial charge is 0.337 e. The first kappa shape index (κ1) is 18.9. The molecule has 1 N–H and O–H groups in total. The van der Waals surface area contributed by atoms with E-state index in [1.165, 1.54) is 18.9 Å². The van der Waals surface area contributed by atoms with E-state index < -0.39 is 0 Å². The van der Waals surface area contributed by atoms with Gasteiger partial charge in [0.05, 0.1) is 25.5 Å². The fraction of sp³-hybridized carbons (Fsp3) is 0.263. The van der Waals surface area contributed by atoms with Crippen LogP contribution in [-0.2, 0) is 21.8 Å². The van der Waals surface area contributed by atoms with E-state index in [4.69, 9.17) is 9.47 Å². The van der Waals surface area contributed by atoms with Crippen LogP contribution in [0.1, 0.15) is 21.5 Å². The summed E-state index contributed by atoms with van der Waals surface area (Å²) in [6.07, 6.45) is 0. The molecule has 0 aliphatic carbocycles. The van der Waals surface area contributed by atoms with Gasteiger partial charge in [-0.25, -0.2) is 4.79 Å². The van der Waals surface area contributed by atoms with Crippen LogP contribution >= 0.6 is 11.8 Å². The molecule has 0 bridgehead atoms. The van der Waals surface area contributed by atoms with Crippen molar-refractivity contribution in [2.45, 2.75) is 12.3 Å². The van der Waals surface area contributed by atoms with Gasteiger partial charge in [0.2, 0.25) is 5.91 Å². The summed E-state index contributed by atoms with van der Waals surface area (Å²) in [5, 5.41) is 2.88. The largest absolute Gasteiger partial charge is 0.496 e. The molecule has 0 aliphatic heterocycles. The number of nitrogens with one attached hydrogen (secondary N) is 1. The van der Waals surface area contributed by atoms with Gasteiger partial charge >= 0.3 is 5.97 Å². The number of methoxy groups -OCH3 is 2. The predicted molar refractivity (Wildman–Crippen MR) is 98.8 cm³/mol. The van der Waals surface area contributed by atoms with Gasteiger partial charge in [0.15, 0.2) is 0 Å². The maximum atomic E-state index is 12.0. The molecule has 5 nitrogen and oxygen atoms in total. The summed E-state index contributed by atoms with van der Waals surface area (Å²) in [6.45, 7) is 0.432. The van der Waals surface area contributed by atoms with Crippen LogP contribution in [0.2, 0.25) is 0 Å². The van der Waals surface area contributed by atoms with Crippen molar-refractivity contribution in [2.24, 2.45) is 0 Å². The number of ether oxygens (including phenoxy) is 2. The summed E-state index contributed by atoms with van der Waals surface area (Å²) in [5.41, 5.74) is 2.43. The van der Waals surface area contributed by atoms with Gasteiger partial charge in [-0.1, -0.05) is 30.3 Å². The lowest BCUT2D eigenvalue weighted by molar-refractivity contribution is -0.118. The SMILES string of the molecule is COC(=O)c1cccc(CSCC(=O)NCc2ccccc2OC)c1. The second-order valence-electron chi connectivity index (χ2n) is 5.27. The van der Waals surface area contributed by atoms with Gasteiger partial charge in [-0.3, -0.25) is 4.79 Å². The van der Waals surface area contributed by atoms with Gasteiger partial charge in [0.25, 0.3) is 0 Å². The molecule has 0 radical (unpaired) electrons. The van der Waals surface area contributed by atoms with Crippen LogP contribution in [0.25, 0.3) is 0 Å². The Balaban J connectivity index is 1.78. The first-order chi connectivity index (χ1) is 12.1. The standard InChI is InChI=1S/C19H21NO4S/c1-23-17-9-4-3-7-16(17)11-20-18(21)13-25-12-14-6-5-8-15(10-14)19(22)24-2/h3-10H,11-13H2,1-2H3,(H,20,21). The lowest BCUT2D eigenvalue weighted by Gasteiger charge is -2.09. The lowest BCUT2D eigenvalue weighted by atomic mass is 10.1. The Morgan fingerprint density at radius 1 is 1.08 bits per heavy atom. The highest BCUT2D eigenvalue weighted by Crippen LogP contribution is 2.17. The molecule has 0 aliphatic rings. The van der Waals surface area contributed by atoms with E-state index in [1.807, 2.05) is 36.4 Å². The molecular formula is C19H21NO4S. The summed E-state index contributed by atoms with van der Waals surface area (Å²) in [5.74, 6) is 1.35. The first-order valence-electron chi connectivity index (χ1n) is 7.77. The van der Waals surface area contributed by atoms with Crippen molar-refractivity contribution in [2.75, 3.05) is 20.0 Å². The van der Waals surface area contributed by atoms with Gasteiger partial charge in [0.1, 0.15) is 5.75 Å². The predicted octanol–water partition coefficient (Wildman–Crippen LogP) is 3.03. The van der Waals surface area contributed by atoms with E-state index in [0.29, 0.717) is 23.6 Å². The summed E-state index contributed by atoms with van der Waals surface area (Å²) in [6, 6.07) is 14.8. The molecule has 0 fully saturated rings. The number of para-hydroxylation sites is 1. The highest BCUT2D eigenvalue weighted by Gasteiger charge is 2.08. The molecule has 0 aromatic heterocycles. The van der Waals surface area contributed by atoms with Crippen LogP contribution in [0.3, 0.4) is 0 Å². The average molecular weight is 359 g/mol. The molecule has 2 aromatic rings. The molecule has 132 valence electrons. The van der Waals surface area contributed by atoms with Gasteiger partial charge in [-0.2, -0.15) is 0 Å². The first-order valence-corrected chi connectivity index (χ1v) is 8.93. The highest BCUT2D eigenvalue weighted by atomic mass is 32.2. The van der Waals surface area contributed by atoms with Crippen LogP contribution in [0.4, 0.5) is 0 Å². The third-order valence-corrected chi connectivity index (χ3v) is 4.52. The van der Waals surface area contributed by atoms with Crippen molar-refractivity contribution in [3.05, 3.63) is 65.2 Å². The average Bonchev–Trinajstić information content (AvgIpc) is 2.66. The van der Waals surface area contributed by atoms with Crippen molar-refractivity contribution in [3.63, 3.8) is 0 Å². The summed E-state index contributed by atoms with van der Waals surface area (Å²) in [7, 11) is 2.97. The Morgan fingerprint density at radius 3 is 2.64 bits per heavy atom. The summed E-state index contributed by atoms with van der Waals surface area (Å²) < 4.78 is 9.97. The number of hydrogen-bond acceptors (Lipinski definition) is 5. The third-order valence-electron chi connectivity index (χ3n) is 3.52. The van der Waals surface area contributed by atoms with E-state index in [1.54, 1.807) is 19.2 Å². The molecule has 25 heavy (non-hydrogen) atoms. The van der Waals surface area contributed by atoms with E-state index >= 15 is 0 Å². The molecule has 6 heteroatoms. The van der Waals surface area contributed by atoms with Crippen molar-refractivity contribution in [1.82, 2.24) is 5.32 Å². The minimum absolute atomic E-state index is 0.0416. The number of esters is 1. The Bertz CT molecular complexity index is 733. The zero-order valence-corrected chi connectivity index (χ0v) is 15.1. The molecule has 0 heterocycles. The second-order valence-corrected chi connectivity index (χ2v) is 6.26. The van der Waals surface area contributed by atoms with E-state index in [9.17, 15) is 9.59 Å². The van der Waals surface area contributed by atoms with Crippen molar-refractivity contribution in [1.29, 1.82) is 0 Å². The molecule has 2 rings (SSSR count). The number of hydrogen-bond donors (Lipinski definition) is 1. The fourth-order valence-electron chi connectivity index (χ4n) is 2.26. The number of thioether (sulfide) groups is 1. The molecule has 0 spiro atoms. The maximum Gasteiger partial charge on any atom is 0.337 e. The van der Waals surface area contributed by atoms with Crippen molar-refractivity contribution >= 4 is 23.6 Å². The van der Waals surface area contributed by atoms with Crippen LogP contribution in [-0.4, -0.2) is 31.8 Å². The summed E-state index contributed by atoms with van der Waals surface area (Å²) >= 11 is 1.49. The molecule has 1 amide bonds. The van der Waals surface area contributed by atoms with E-state index in [0.717, 1.165) is 16.9 Å². The Morgan fingerprint density at radius 2 is 1.88 bits per heavy atom. The Hall–Kier alpha value is -2.47. The minimum atomic E-state index is -0.360. The Kier molecular flexibility index (Phi) is 7.35. The van der Waals surface area contributed by atoms with E-state index in [-0.39, 0.29) is 11.9 Å². The maximum absolute atomic E-state index is 12.0. The van der Waals surface area contributed by atoms with Gasteiger partial charge < -0.3 is 14.8 Å². The normalized spacial score (nSPS) is 10.2. The van der Waals surface area contributed by atoms with Crippen LogP contribution in [0.5, 0.6) is 5.75 Å². The topological polar surface area (TPSA) is 64.6 Å². The van der Waals surface area contributed by atoms with Crippen molar-refractivity contribution in [3.8, 4) is 5.75 Å². The van der Waals surface area contributed by atoms with Crippen molar-refractivity contribution < 1.29 is 19.1 Å². The fourth-order valence-corrected chi connectivity index (χ4v) is 3.07. The van der Waals surface area contributed by atoms with Crippen LogP contribution in [0.15, 0.2) is 48.5 Å². The highest BCUT2D eigenvalue weighted by molar-refractivity contribution is 7.99. The van der Waals surface area contributed by atoms with Gasteiger partial charge in [0, 0.05) is 17.9 Å². The molecule has 0 saturated carbocycles. The summed E-state index contributed by atoms with van der Waals surface area (Å²) in [4.78, 5) is 23.5. The van der Waals surface area contributed by atoms with Gasteiger partial charge in [-0.05, 0) is 23.8 Å². The quantitative estimate of drug-likeness (QED) is 0.734. The zero-order chi connectivity index (χ0) is 18.1. The zero-order valence-electron chi connectivity index (χ0n) is 14.3. The number of rotatable bonds is 8. The molecule has 0 saturated heterocycles. The number of carbonyl (C=O) groups is 2. The number of carbonyl (C=O) groups excluding carboxylic acids is 2. The second kappa shape index (κ2) is 9.74. The Labute approximate surface area is 151 Å². The molecular weight excluding hydrogens is 338 g/mol. The van der Waals surface area contributed by atoms with Crippen LogP contribution < -0.4 is 10.1 Å². The minimum Gasteiger partial charge on any atom is -0.496 e. The van der Waals surface area contributed by atoms with E-state index in [2.05, 4.69) is 5.32 Å². The molecule has 0 unspecified atom stereocenters. The molecule has 2 aromatic carbocycles. The third kappa shape index (κ3) is 5.83. The number of amides is 1. The van der Waals surface area contributed by atoms with Crippen LogP contribution in [0, 0.1) is 0 Å². The monoisotopic (exact) mass is 359 g/mol. The van der Waals surface area contributed by atoms with Gasteiger partial charge in [-0.15, -0.1) is 11.8 Å².